The number of halogens is 2. The van der Waals surface area contributed by atoms with Gasteiger partial charge in [0.2, 0.25) is 0 Å². The smallest absolute Gasteiger partial charge is 0.359 e. The molecule has 1 heterocycles. The maximum atomic E-state index is 12.7. The average Bonchev–Trinajstić information content (AvgIpc) is 2.66. The number of benzene rings is 1. The lowest BCUT2D eigenvalue weighted by molar-refractivity contribution is 0.0545. The Bertz CT molecular complexity index is 580. The Morgan fingerprint density at radius 3 is 2.82 bits per heavy atom. The van der Waals surface area contributed by atoms with Crippen molar-refractivity contribution in [2.45, 2.75) is 6.55 Å². The van der Waals surface area contributed by atoms with E-state index in [1.807, 2.05) is 0 Å². The molecule has 1 N–H and O–H groups in total. The largest absolute Gasteiger partial charge is 0.508 e. The predicted octanol–water partition coefficient (Wildman–Crippen LogP) is 1.92. The fourth-order valence-electron chi connectivity index (χ4n) is 1.52. The van der Waals surface area contributed by atoms with E-state index in [9.17, 15) is 18.7 Å². The predicted molar refractivity (Wildman–Crippen MR) is 54.0 cm³/mol. The normalized spacial score (nSPS) is 11.1. The van der Waals surface area contributed by atoms with Gasteiger partial charge in [-0.2, -0.15) is 13.9 Å². The Morgan fingerprint density at radius 2 is 2.24 bits per heavy atom. The van der Waals surface area contributed by atoms with Gasteiger partial charge in [0, 0.05) is 11.5 Å². The van der Waals surface area contributed by atoms with Crippen LogP contribution in [0.5, 0.6) is 5.75 Å². The molecule has 5 nitrogen and oxygen atoms in total. The first-order chi connectivity index (χ1) is 8.04. The molecule has 0 amide bonds. The third-order valence-electron chi connectivity index (χ3n) is 2.25. The molecule has 1 aromatic carbocycles. The van der Waals surface area contributed by atoms with Gasteiger partial charge < -0.3 is 9.84 Å². The number of hydrogen-bond donors (Lipinski definition) is 1. The molecule has 0 aliphatic heterocycles. The van der Waals surface area contributed by atoms with Crippen molar-refractivity contribution in [2.75, 3.05) is 7.11 Å². The average molecular weight is 242 g/mol. The number of phenols is 1. The van der Waals surface area contributed by atoms with Crippen molar-refractivity contribution in [3.05, 3.63) is 23.9 Å². The minimum atomic E-state index is -2.90. The first kappa shape index (κ1) is 11.3. The number of nitrogens with zero attached hydrogens (tertiary/aromatic N) is 2. The molecule has 0 bridgehead atoms. The summed E-state index contributed by atoms with van der Waals surface area (Å²) < 4.78 is 30.2. The van der Waals surface area contributed by atoms with Crippen LogP contribution in [-0.4, -0.2) is 28.0 Å². The van der Waals surface area contributed by atoms with Gasteiger partial charge in [-0.05, 0) is 12.1 Å². The molecular weight excluding hydrogens is 234 g/mol. The Morgan fingerprint density at radius 1 is 1.53 bits per heavy atom. The highest BCUT2D eigenvalue weighted by Crippen LogP contribution is 2.26. The number of methoxy groups -OCH3 is 1. The molecule has 0 unspecified atom stereocenters. The van der Waals surface area contributed by atoms with E-state index in [-0.39, 0.29) is 22.3 Å². The molecule has 0 spiro atoms. The molecule has 2 aromatic rings. The topological polar surface area (TPSA) is 64.3 Å². The summed E-state index contributed by atoms with van der Waals surface area (Å²) in [5.41, 5.74) is -0.233. The van der Waals surface area contributed by atoms with Gasteiger partial charge in [0.1, 0.15) is 5.75 Å². The number of rotatable bonds is 2. The molecule has 0 aliphatic rings. The fraction of sp³-hybridized carbons (Fsp3) is 0.200. The van der Waals surface area contributed by atoms with Crippen LogP contribution in [0.2, 0.25) is 0 Å². The number of fused-ring (bicyclic) bond motifs is 1. The van der Waals surface area contributed by atoms with Crippen molar-refractivity contribution < 1.29 is 23.4 Å². The highest BCUT2D eigenvalue weighted by Gasteiger charge is 2.21. The van der Waals surface area contributed by atoms with Crippen LogP contribution in [0.4, 0.5) is 8.78 Å². The maximum absolute atomic E-state index is 12.7. The number of phenolic OH excluding ortho intramolecular Hbond substituents is 1. The van der Waals surface area contributed by atoms with Crippen molar-refractivity contribution in [2.24, 2.45) is 0 Å². The van der Waals surface area contributed by atoms with E-state index in [0.717, 1.165) is 13.2 Å². The lowest BCUT2D eigenvalue weighted by atomic mass is 10.2. The molecule has 0 saturated heterocycles. The number of hydrogen-bond acceptors (Lipinski definition) is 4. The Hall–Kier alpha value is -2.18. The molecule has 0 radical (unpaired) electrons. The second kappa shape index (κ2) is 4.00. The van der Waals surface area contributed by atoms with Crippen molar-refractivity contribution >= 4 is 16.9 Å². The first-order valence-corrected chi connectivity index (χ1v) is 4.62. The van der Waals surface area contributed by atoms with Crippen molar-refractivity contribution in [1.29, 1.82) is 0 Å². The van der Waals surface area contributed by atoms with E-state index in [2.05, 4.69) is 9.84 Å². The molecule has 7 heteroatoms. The SMILES string of the molecule is COC(=O)c1nn(C(F)F)c2cc(O)ccc12. The summed E-state index contributed by atoms with van der Waals surface area (Å²) in [6, 6.07) is 3.73. The summed E-state index contributed by atoms with van der Waals surface area (Å²) in [4.78, 5) is 11.3. The number of carbonyl (C=O) groups excluding carboxylic acids is 1. The second-order valence-corrected chi connectivity index (χ2v) is 3.26. The van der Waals surface area contributed by atoms with Crippen LogP contribution in [0.3, 0.4) is 0 Å². The summed E-state index contributed by atoms with van der Waals surface area (Å²) >= 11 is 0. The summed E-state index contributed by atoms with van der Waals surface area (Å²) in [5, 5.41) is 12.9. The summed E-state index contributed by atoms with van der Waals surface area (Å²) in [5.74, 6) is -0.990. The molecule has 90 valence electrons. The third-order valence-corrected chi connectivity index (χ3v) is 2.25. The first-order valence-electron chi connectivity index (χ1n) is 4.62. The molecule has 17 heavy (non-hydrogen) atoms. The highest BCUT2D eigenvalue weighted by molar-refractivity contribution is 6.02. The van der Waals surface area contributed by atoms with Gasteiger partial charge in [-0.1, -0.05) is 0 Å². The summed E-state index contributed by atoms with van der Waals surface area (Å²) in [7, 11) is 1.13. The lowest BCUT2D eigenvalue weighted by Gasteiger charge is -2.00. The number of aromatic nitrogens is 2. The van der Waals surface area contributed by atoms with Crippen molar-refractivity contribution in [1.82, 2.24) is 9.78 Å². The zero-order chi connectivity index (χ0) is 12.6. The fourth-order valence-corrected chi connectivity index (χ4v) is 1.52. The van der Waals surface area contributed by atoms with Gasteiger partial charge in [-0.25, -0.2) is 9.48 Å². The summed E-state index contributed by atoms with van der Waals surface area (Å²) in [6.45, 7) is -2.90. The minimum absolute atomic E-state index is 0.0274. The van der Waals surface area contributed by atoms with E-state index in [4.69, 9.17) is 0 Å². The zero-order valence-electron chi connectivity index (χ0n) is 8.72. The van der Waals surface area contributed by atoms with Gasteiger partial charge in [0.05, 0.1) is 12.6 Å². The number of alkyl halides is 2. The standard InChI is InChI=1S/C10H8F2N2O3/c1-17-9(16)8-6-3-2-5(15)4-7(6)14(13-8)10(11)12/h2-4,10,15H,1H3. The Labute approximate surface area is 94.2 Å². The van der Waals surface area contributed by atoms with E-state index >= 15 is 0 Å². The Kier molecular flexibility index (Phi) is 2.66. The van der Waals surface area contributed by atoms with Gasteiger partial charge in [0.25, 0.3) is 0 Å². The van der Waals surface area contributed by atoms with Gasteiger partial charge >= 0.3 is 12.5 Å². The van der Waals surface area contributed by atoms with Crippen LogP contribution in [0.25, 0.3) is 10.9 Å². The molecule has 2 rings (SSSR count). The Balaban J connectivity index is 2.75. The molecular formula is C10H8F2N2O3. The van der Waals surface area contributed by atoms with E-state index in [1.165, 1.54) is 12.1 Å². The number of esters is 1. The van der Waals surface area contributed by atoms with Crippen LogP contribution in [-0.2, 0) is 4.74 Å². The highest BCUT2D eigenvalue weighted by atomic mass is 19.3. The molecule has 1 aromatic heterocycles. The number of ether oxygens (including phenoxy) is 1. The van der Waals surface area contributed by atoms with Crippen LogP contribution in [0.1, 0.15) is 17.0 Å². The van der Waals surface area contributed by atoms with Crippen molar-refractivity contribution in [3.8, 4) is 5.75 Å². The van der Waals surface area contributed by atoms with Crippen LogP contribution < -0.4 is 0 Å². The zero-order valence-corrected chi connectivity index (χ0v) is 8.72. The second-order valence-electron chi connectivity index (χ2n) is 3.26. The number of aromatic hydroxyl groups is 1. The molecule has 0 saturated carbocycles. The maximum Gasteiger partial charge on any atom is 0.359 e. The quantitative estimate of drug-likeness (QED) is 0.817. The minimum Gasteiger partial charge on any atom is -0.508 e. The monoisotopic (exact) mass is 242 g/mol. The van der Waals surface area contributed by atoms with Crippen LogP contribution in [0, 0.1) is 0 Å². The van der Waals surface area contributed by atoms with E-state index in [0.29, 0.717) is 4.68 Å². The summed E-state index contributed by atoms with van der Waals surface area (Å²) in [6.07, 6.45) is 0. The van der Waals surface area contributed by atoms with Gasteiger partial charge in [-0.15, -0.1) is 0 Å². The lowest BCUT2D eigenvalue weighted by Crippen LogP contribution is -2.05. The van der Waals surface area contributed by atoms with Crippen LogP contribution in [0.15, 0.2) is 18.2 Å². The molecule has 0 atom stereocenters. The van der Waals surface area contributed by atoms with E-state index in [1.54, 1.807) is 0 Å². The van der Waals surface area contributed by atoms with Crippen molar-refractivity contribution in [3.63, 3.8) is 0 Å². The van der Waals surface area contributed by atoms with Gasteiger partial charge in [-0.3, -0.25) is 0 Å². The van der Waals surface area contributed by atoms with Gasteiger partial charge in [0.15, 0.2) is 5.69 Å². The van der Waals surface area contributed by atoms with Crippen LogP contribution >= 0.6 is 0 Å². The number of carbonyl (C=O) groups is 1. The third kappa shape index (κ3) is 1.79. The molecule has 0 fully saturated rings. The van der Waals surface area contributed by atoms with E-state index < -0.39 is 12.5 Å². The molecule has 0 aliphatic carbocycles.